The van der Waals surface area contributed by atoms with Gasteiger partial charge < -0.3 is 4.42 Å². The van der Waals surface area contributed by atoms with E-state index in [9.17, 15) is 14.9 Å². The number of hydrogen-bond donors (Lipinski definition) is 0. The number of hydrogen-bond acceptors (Lipinski definition) is 5. The van der Waals surface area contributed by atoms with Gasteiger partial charge in [0.1, 0.15) is 5.69 Å². The summed E-state index contributed by atoms with van der Waals surface area (Å²) < 4.78 is 5.55. The molecule has 0 fully saturated rings. The van der Waals surface area contributed by atoms with E-state index >= 15 is 0 Å². The fraction of sp³-hybridized carbons (Fsp3) is 0.111. The van der Waals surface area contributed by atoms with E-state index in [0.29, 0.717) is 0 Å². The van der Waals surface area contributed by atoms with Crippen molar-refractivity contribution in [3.63, 3.8) is 0 Å². The molecule has 0 bridgehead atoms. The molecule has 0 spiro atoms. The summed E-state index contributed by atoms with van der Waals surface area (Å²) in [6.45, 7) is 1.49. The summed E-state index contributed by atoms with van der Waals surface area (Å²) in [6.07, 6.45) is 0. The minimum atomic E-state index is -0.744. The van der Waals surface area contributed by atoms with Gasteiger partial charge in [-0.15, -0.1) is 5.10 Å². The van der Waals surface area contributed by atoms with Gasteiger partial charge in [-0.05, 0) is 6.07 Å². The minimum Gasteiger partial charge on any atom is -0.392 e. The van der Waals surface area contributed by atoms with Crippen LogP contribution in [0.5, 0.6) is 0 Å². The summed E-state index contributed by atoms with van der Waals surface area (Å²) in [6, 6.07) is 5.83. The normalized spacial score (nSPS) is 10.3. The van der Waals surface area contributed by atoms with Gasteiger partial charge in [-0.2, -0.15) is 4.68 Å². The summed E-state index contributed by atoms with van der Waals surface area (Å²) in [5, 5.41) is 14.5. The molecule has 2 rings (SSSR count). The number of benzene rings is 1. The predicted molar refractivity (Wildman–Crippen MR) is 53.5 cm³/mol. The van der Waals surface area contributed by atoms with Crippen molar-refractivity contribution < 1.29 is 9.34 Å². The fourth-order valence-corrected chi connectivity index (χ4v) is 1.32. The van der Waals surface area contributed by atoms with Crippen LogP contribution in [0.1, 0.15) is 5.89 Å². The minimum absolute atomic E-state index is 0.0920. The Hall–Kier alpha value is -2.44. The summed E-state index contributed by atoms with van der Waals surface area (Å²) in [7, 11) is 0. The Labute approximate surface area is 89.1 Å². The quantitative estimate of drug-likeness (QED) is 0.558. The van der Waals surface area contributed by atoms with Gasteiger partial charge in [0.15, 0.2) is 0 Å². The topological polar surface area (TPSA) is 91.2 Å². The Kier molecular flexibility index (Phi) is 2.28. The Morgan fingerprint density at radius 2 is 2.12 bits per heavy atom. The predicted octanol–water partition coefficient (Wildman–Crippen LogP) is 1.04. The molecule has 1 heterocycles. The Morgan fingerprint density at radius 1 is 1.44 bits per heavy atom. The van der Waals surface area contributed by atoms with Crippen LogP contribution in [0.25, 0.3) is 5.69 Å². The maximum Gasteiger partial charge on any atom is 0.442 e. The molecule has 0 unspecified atom stereocenters. The summed E-state index contributed by atoms with van der Waals surface area (Å²) in [4.78, 5) is 21.5. The van der Waals surface area contributed by atoms with Crippen LogP contribution in [0.3, 0.4) is 0 Å². The number of aryl methyl sites for hydroxylation is 1. The summed E-state index contributed by atoms with van der Waals surface area (Å²) in [5.41, 5.74) is -0.104. The number of nitro groups is 1. The van der Waals surface area contributed by atoms with E-state index < -0.39 is 10.7 Å². The molecule has 16 heavy (non-hydrogen) atoms. The number of nitrogens with zero attached hydrogens (tertiary/aromatic N) is 3. The molecule has 0 aliphatic carbocycles. The molecule has 1 aromatic carbocycles. The average Bonchev–Trinajstić information content (AvgIpc) is 2.57. The molecular weight excluding hydrogens is 214 g/mol. The van der Waals surface area contributed by atoms with Crippen LogP contribution in [0, 0.1) is 17.0 Å². The third-order valence-corrected chi connectivity index (χ3v) is 1.96. The molecule has 0 saturated carbocycles. The molecule has 82 valence electrons. The third-order valence-electron chi connectivity index (χ3n) is 1.96. The lowest BCUT2D eigenvalue weighted by atomic mass is 10.3. The zero-order chi connectivity index (χ0) is 11.7. The molecule has 0 atom stereocenters. The van der Waals surface area contributed by atoms with Gasteiger partial charge in [0.25, 0.3) is 5.69 Å². The largest absolute Gasteiger partial charge is 0.442 e. The third kappa shape index (κ3) is 1.58. The average molecular weight is 221 g/mol. The van der Waals surface area contributed by atoms with E-state index in [1.807, 2.05) is 0 Å². The first-order valence-corrected chi connectivity index (χ1v) is 4.40. The molecule has 0 saturated heterocycles. The van der Waals surface area contributed by atoms with E-state index in [4.69, 9.17) is 0 Å². The molecule has 0 amide bonds. The maximum atomic E-state index is 11.3. The first kappa shape index (κ1) is 10.1. The highest BCUT2D eigenvalue weighted by atomic mass is 16.6. The van der Waals surface area contributed by atoms with Crippen molar-refractivity contribution in [1.82, 2.24) is 9.78 Å². The standard InChI is InChI=1S/C9H7N3O4/c1-6-10-11(9(13)16-6)7-4-2-3-5-8(7)12(14)15/h2-5H,1H3. The Morgan fingerprint density at radius 3 is 2.69 bits per heavy atom. The zero-order valence-corrected chi connectivity index (χ0v) is 8.28. The summed E-state index contributed by atoms with van der Waals surface area (Å²) in [5.74, 6) is -0.588. The van der Waals surface area contributed by atoms with Crippen molar-refractivity contribution in [2.75, 3.05) is 0 Å². The van der Waals surface area contributed by atoms with Crippen molar-refractivity contribution >= 4 is 5.69 Å². The lowest BCUT2D eigenvalue weighted by molar-refractivity contribution is -0.384. The fourth-order valence-electron chi connectivity index (χ4n) is 1.32. The zero-order valence-electron chi connectivity index (χ0n) is 8.28. The smallest absolute Gasteiger partial charge is 0.392 e. The first-order chi connectivity index (χ1) is 7.59. The molecule has 0 radical (unpaired) electrons. The van der Waals surface area contributed by atoms with Gasteiger partial charge in [0, 0.05) is 13.0 Å². The molecule has 1 aromatic heterocycles. The lowest BCUT2D eigenvalue weighted by Crippen LogP contribution is -2.14. The van der Waals surface area contributed by atoms with E-state index in [0.717, 1.165) is 4.68 Å². The molecule has 0 aliphatic heterocycles. The van der Waals surface area contributed by atoms with Crippen molar-refractivity contribution in [2.45, 2.75) is 6.92 Å². The number of aromatic nitrogens is 2. The number of rotatable bonds is 2. The van der Waals surface area contributed by atoms with Crippen LogP contribution in [-0.4, -0.2) is 14.7 Å². The highest BCUT2D eigenvalue weighted by Crippen LogP contribution is 2.19. The van der Waals surface area contributed by atoms with Gasteiger partial charge >= 0.3 is 5.76 Å². The molecule has 0 aliphatic rings. The van der Waals surface area contributed by atoms with Gasteiger partial charge in [0.2, 0.25) is 5.89 Å². The van der Waals surface area contributed by atoms with E-state index in [-0.39, 0.29) is 17.3 Å². The highest BCUT2D eigenvalue weighted by Gasteiger charge is 2.18. The van der Waals surface area contributed by atoms with E-state index in [1.165, 1.54) is 25.1 Å². The van der Waals surface area contributed by atoms with Crippen molar-refractivity contribution in [1.29, 1.82) is 0 Å². The van der Waals surface area contributed by atoms with Crippen LogP contribution in [0.4, 0.5) is 5.69 Å². The van der Waals surface area contributed by atoms with Crippen LogP contribution < -0.4 is 5.76 Å². The van der Waals surface area contributed by atoms with Gasteiger partial charge in [-0.3, -0.25) is 10.1 Å². The molecule has 2 aromatic rings. The lowest BCUT2D eigenvalue weighted by Gasteiger charge is -1.98. The molecule has 0 N–H and O–H groups in total. The van der Waals surface area contributed by atoms with E-state index in [1.54, 1.807) is 6.07 Å². The monoisotopic (exact) mass is 221 g/mol. The number of nitro benzene ring substituents is 1. The second-order valence-electron chi connectivity index (χ2n) is 3.04. The second kappa shape index (κ2) is 3.61. The molecule has 7 heteroatoms. The van der Waals surface area contributed by atoms with Crippen molar-refractivity contribution in [3.8, 4) is 5.69 Å². The molecular formula is C9H7N3O4. The van der Waals surface area contributed by atoms with Crippen molar-refractivity contribution in [3.05, 3.63) is 50.8 Å². The first-order valence-electron chi connectivity index (χ1n) is 4.40. The Balaban J connectivity index is 2.69. The van der Waals surface area contributed by atoms with Crippen LogP contribution in [0.2, 0.25) is 0 Å². The van der Waals surface area contributed by atoms with Gasteiger partial charge in [-0.1, -0.05) is 12.1 Å². The SMILES string of the molecule is Cc1nn(-c2ccccc2[N+](=O)[O-])c(=O)o1. The Bertz CT molecular complexity index is 599. The second-order valence-corrected chi connectivity index (χ2v) is 3.04. The maximum absolute atomic E-state index is 11.3. The van der Waals surface area contributed by atoms with Gasteiger partial charge in [0.05, 0.1) is 4.92 Å². The highest BCUT2D eigenvalue weighted by molar-refractivity contribution is 5.51. The van der Waals surface area contributed by atoms with E-state index in [2.05, 4.69) is 9.52 Å². The van der Waals surface area contributed by atoms with Crippen molar-refractivity contribution in [2.24, 2.45) is 0 Å². The van der Waals surface area contributed by atoms with Crippen LogP contribution in [0.15, 0.2) is 33.5 Å². The summed E-state index contributed by atoms with van der Waals surface area (Å²) >= 11 is 0. The van der Waals surface area contributed by atoms with Crippen LogP contribution >= 0.6 is 0 Å². The van der Waals surface area contributed by atoms with Gasteiger partial charge in [-0.25, -0.2) is 4.79 Å². The van der Waals surface area contributed by atoms with Crippen LogP contribution in [-0.2, 0) is 0 Å². The number of para-hydroxylation sites is 2. The molecule has 7 nitrogen and oxygen atoms in total.